The molecule has 1 aromatic rings. The number of nitrogens with zero attached hydrogens (tertiary/aromatic N) is 1. The third-order valence-corrected chi connectivity index (χ3v) is 4.37. The van der Waals surface area contributed by atoms with Gasteiger partial charge in [0.05, 0.1) is 12.0 Å². The van der Waals surface area contributed by atoms with Crippen LogP contribution in [-0.2, 0) is 9.59 Å². The van der Waals surface area contributed by atoms with Crippen LogP contribution in [0.5, 0.6) is 5.75 Å². The van der Waals surface area contributed by atoms with Crippen LogP contribution in [0.3, 0.4) is 0 Å². The highest BCUT2D eigenvalue weighted by Crippen LogP contribution is 2.32. The Morgan fingerprint density at radius 3 is 2.75 bits per heavy atom. The zero-order valence-electron chi connectivity index (χ0n) is 13.9. The van der Waals surface area contributed by atoms with E-state index >= 15 is 0 Å². The molecular weight excluding hydrogens is 328 g/mol. The molecule has 0 bridgehead atoms. The van der Waals surface area contributed by atoms with Crippen molar-refractivity contribution >= 4 is 34.9 Å². The van der Waals surface area contributed by atoms with Gasteiger partial charge in [-0.15, -0.1) is 0 Å². The van der Waals surface area contributed by atoms with Gasteiger partial charge in [-0.05, 0) is 54.4 Å². The number of benzene rings is 1. The number of hydrogen-bond donors (Lipinski definition) is 1. The van der Waals surface area contributed by atoms with E-state index in [1.54, 1.807) is 13.2 Å². The second kappa shape index (κ2) is 8.01. The van der Waals surface area contributed by atoms with Gasteiger partial charge in [0, 0.05) is 6.54 Å². The first kappa shape index (κ1) is 18.1. The summed E-state index contributed by atoms with van der Waals surface area (Å²) in [4.78, 5) is 37.4. The molecule has 1 heterocycles. The molecule has 3 amide bonds. The molecule has 1 aliphatic heterocycles. The largest absolute Gasteiger partial charge is 0.496 e. The van der Waals surface area contributed by atoms with Gasteiger partial charge in [0.15, 0.2) is 0 Å². The van der Waals surface area contributed by atoms with E-state index in [4.69, 9.17) is 4.74 Å². The third-order valence-electron chi connectivity index (χ3n) is 3.46. The Kier molecular flexibility index (Phi) is 6.03. The zero-order valence-corrected chi connectivity index (χ0v) is 14.7. The molecule has 0 unspecified atom stereocenters. The normalized spacial score (nSPS) is 16.0. The van der Waals surface area contributed by atoms with Crippen molar-refractivity contribution in [1.29, 1.82) is 0 Å². The summed E-state index contributed by atoms with van der Waals surface area (Å²) in [5.41, 5.74) is 1.73. The van der Waals surface area contributed by atoms with Crippen molar-refractivity contribution in [3.8, 4) is 5.75 Å². The lowest BCUT2D eigenvalue weighted by molar-refractivity contribution is -0.129. The standard InChI is InChI=1S/C17H20N2O4S/c1-4-7-18-15(20)10-19-16(21)14(24-17(19)22)9-12-5-6-13(23-3)11(2)8-12/h5-6,8-9H,4,7,10H2,1-3H3,(H,18,20)/b14-9-. The summed E-state index contributed by atoms with van der Waals surface area (Å²) in [5.74, 6) is -0.0151. The molecule has 1 saturated heterocycles. The molecule has 0 aliphatic carbocycles. The lowest BCUT2D eigenvalue weighted by atomic mass is 10.1. The first-order valence-electron chi connectivity index (χ1n) is 7.63. The van der Waals surface area contributed by atoms with Crippen LogP contribution in [0.4, 0.5) is 4.79 Å². The number of methoxy groups -OCH3 is 1. The Hall–Kier alpha value is -2.28. The molecule has 2 rings (SSSR count). The maximum atomic E-state index is 12.3. The fourth-order valence-electron chi connectivity index (χ4n) is 2.24. The van der Waals surface area contributed by atoms with Crippen molar-refractivity contribution in [2.45, 2.75) is 20.3 Å². The maximum absolute atomic E-state index is 12.3. The van der Waals surface area contributed by atoms with Crippen LogP contribution in [0.2, 0.25) is 0 Å². The van der Waals surface area contributed by atoms with Gasteiger partial charge in [0.25, 0.3) is 11.1 Å². The fraction of sp³-hybridized carbons (Fsp3) is 0.353. The number of aryl methyl sites for hydroxylation is 1. The number of hydrogen-bond acceptors (Lipinski definition) is 5. The smallest absolute Gasteiger partial charge is 0.294 e. The van der Waals surface area contributed by atoms with Crippen molar-refractivity contribution < 1.29 is 19.1 Å². The summed E-state index contributed by atoms with van der Waals surface area (Å²) >= 11 is 0.846. The first-order chi connectivity index (χ1) is 11.5. The van der Waals surface area contributed by atoms with E-state index in [0.717, 1.165) is 40.0 Å². The molecule has 6 nitrogen and oxygen atoms in total. The molecular formula is C17H20N2O4S. The van der Waals surface area contributed by atoms with E-state index in [2.05, 4.69) is 5.32 Å². The number of thioether (sulfide) groups is 1. The van der Waals surface area contributed by atoms with E-state index < -0.39 is 11.1 Å². The summed E-state index contributed by atoms with van der Waals surface area (Å²) in [7, 11) is 1.59. The lowest BCUT2D eigenvalue weighted by Gasteiger charge is -2.11. The van der Waals surface area contributed by atoms with E-state index in [9.17, 15) is 14.4 Å². The number of carbonyl (C=O) groups excluding carboxylic acids is 3. The quantitative estimate of drug-likeness (QED) is 0.800. The van der Waals surface area contributed by atoms with Crippen LogP contribution in [0.15, 0.2) is 23.1 Å². The predicted molar refractivity (Wildman–Crippen MR) is 93.7 cm³/mol. The van der Waals surface area contributed by atoms with Crippen molar-refractivity contribution in [3.05, 3.63) is 34.2 Å². The maximum Gasteiger partial charge on any atom is 0.294 e. The predicted octanol–water partition coefficient (Wildman–Crippen LogP) is 2.57. The van der Waals surface area contributed by atoms with Crippen LogP contribution >= 0.6 is 11.8 Å². The molecule has 0 radical (unpaired) electrons. The van der Waals surface area contributed by atoms with Gasteiger partial charge >= 0.3 is 0 Å². The fourth-order valence-corrected chi connectivity index (χ4v) is 3.08. The topological polar surface area (TPSA) is 75.7 Å². The number of carbonyl (C=O) groups is 3. The molecule has 0 aromatic heterocycles. The Morgan fingerprint density at radius 1 is 1.38 bits per heavy atom. The minimum atomic E-state index is -0.440. The zero-order chi connectivity index (χ0) is 17.7. The molecule has 1 aromatic carbocycles. The molecule has 7 heteroatoms. The van der Waals surface area contributed by atoms with Crippen LogP contribution in [0.25, 0.3) is 6.08 Å². The number of ether oxygens (including phenoxy) is 1. The van der Waals surface area contributed by atoms with Crippen molar-refractivity contribution in [1.82, 2.24) is 10.2 Å². The van der Waals surface area contributed by atoms with Gasteiger partial charge in [-0.3, -0.25) is 19.3 Å². The van der Waals surface area contributed by atoms with Gasteiger partial charge in [0.2, 0.25) is 5.91 Å². The first-order valence-corrected chi connectivity index (χ1v) is 8.44. The molecule has 0 spiro atoms. The van der Waals surface area contributed by atoms with Gasteiger partial charge in [-0.25, -0.2) is 0 Å². The number of nitrogens with one attached hydrogen (secondary N) is 1. The molecule has 1 N–H and O–H groups in total. The van der Waals surface area contributed by atoms with E-state index in [1.165, 1.54) is 0 Å². The summed E-state index contributed by atoms with van der Waals surface area (Å²) in [5, 5.41) is 2.23. The van der Waals surface area contributed by atoms with Crippen LogP contribution in [-0.4, -0.2) is 42.2 Å². The third kappa shape index (κ3) is 4.17. The summed E-state index contributed by atoms with van der Waals surface area (Å²) < 4.78 is 5.20. The monoisotopic (exact) mass is 348 g/mol. The highest BCUT2D eigenvalue weighted by molar-refractivity contribution is 8.18. The van der Waals surface area contributed by atoms with E-state index in [1.807, 2.05) is 32.0 Å². The number of imide groups is 1. The summed E-state index contributed by atoms with van der Waals surface area (Å²) in [6, 6.07) is 5.50. The van der Waals surface area contributed by atoms with Gasteiger partial charge in [0.1, 0.15) is 12.3 Å². The van der Waals surface area contributed by atoms with Crippen LogP contribution in [0.1, 0.15) is 24.5 Å². The Bertz CT molecular complexity index is 700. The van der Waals surface area contributed by atoms with Gasteiger partial charge in [-0.1, -0.05) is 13.0 Å². The van der Waals surface area contributed by atoms with Gasteiger partial charge in [-0.2, -0.15) is 0 Å². The van der Waals surface area contributed by atoms with Crippen LogP contribution < -0.4 is 10.1 Å². The Balaban J connectivity index is 2.12. The number of rotatable bonds is 6. The molecule has 24 heavy (non-hydrogen) atoms. The molecule has 128 valence electrons. The minimum absolute atomic E-state index is 0.246. The summed E-state index contributed by atoms with van der Waals surface area (Å²) in [6.07, 6.45) is 2.45. The minimum Gasteiger partial charge on any atom is -0.496 e. The van der Waals surface area contributed by atoms with E-state index in [0.29, 0.717) is 11.4 Å². The molecule has 0 atom stereocenters. The lowest BCUT2D eigenvalue weighted by Crippen LogP contribution is -2.39. The van der Waals surface area contributed by atoms with Crippen LogP contribution in [0, 0.1) is 6.92 Å². The second-order valence-electron chi connectivity index (χ2n) is 5.35. The van der Waals surface area contributed by atoms with Crippen molar-refractivity contribution in [2.75, 3.05) is 20.2 Å². The average Bonchev–Trinajstić information content (AvgIpc) is 2.80. The van der Waals surface area contributed by atoms with Gasteiger partial charge < -0.3 is 10.1 Å². The highest BCUT2D eigenvalue weighted by atomic mass is 32.2. The molecule has 1 fully saturated rings. The van der Waals surface area contributed by atoms with E-state index in [-0.39, 0.29) is 12.5 Å². The van der Waals surface area contributed by atoms with Crippen molar-refractivity contribution in [2.24, 2.45) is 0 Å². The Morgan fingerprint density at radius 2 is 2.12 bits per heavy atom. The Labute approximate surface area is 145 Å². The summed E-state index contributed by atoms with van der Waals surface area (Å²) in [6.45, 7) is 4.11. The SMILES string of the molecule is CCCNC(=O)CN1C(=O)S/C(=C\c2ccc(OC)c(C)c2)C1=O. The molecule has 0 saturated carbocycles. The van der Waals surface area contributed by atoms with Crippen molar-refractivity contribution in [3.63, 3.8) is 0 Å². The second-order valence-corrected chi connectivity index (χ2v) is 6.34. The highest BCUT2D eigenvalue weighted by Gasteiger charge is 2.36. The molecule has 1 aliphatic rings. The number of amides is 3. The average molecular weight is 348 g/mol.